The van der Waals surface area contributed by atoms with Gasteiger partial charge in [-0.2, -0.15) is 0 Å². The SMILES string of the molecule is CN(CCCO)Cc1cccc2ccccc12. The van der Waals surface area contributed by atoms with Crippen molar-refractivity contribution in [2.45, 2.75) is 13.0 Å². The third kappa shape index (κ3) is 3.05. The van der Waals surface area contributed by atoms with E-state index in [0.29, 0.717) is 0 Å². The summed E-state index contributed by atoms with van der Waals surface area (Å²) in [5, 5.41) is 11.4. The molecule has 0 fully saturated rings. The molecule has 0 spiro atoms. The average molecular weight is 229 g/mol. The molecule has 0 unspecified atom stereocenters. The molecule has 0 aliphatic carbocycles. The van der Waals surface area contributed by atoms with Gasteiger partial charge in [-0.3, -0.25) is 0 Å². The van der Waals surface area contributed by atoms with Crippen molar-refractivity contribution in [3.8, 4) is 0 Å². The van der Waals surface area contributed by atoms with Crippen molar-refractivity contribution in [1.82, 2.24) is 4.90 Å². The van der Waals surface area contributed by atoms with Crippen LogP contribution in [0.2, 0.25) is 0 Å². The van der Waals surface area contributed by atoms with Gasteiger partial charge in [-0.25, -0.2) is 0 Å². The Morgan fingerprint density at radius 1 is 1.06 bits per heavy atom. The fourth-order valence-corrected chi connectivity index (χ4v) is 2.14. The molecular weight excluding hydrogens is 210 g/mol. The zero-order chi connectivity index (χ0) is 12.1. The van der Waals surface area contributed by atoms with Crippen LogP contribution in [-0.4, -0.2) is 30.2 Å². The number of nitrogens with zero attached hydrogens (tertiary/aromatic N) is 1. The lowest BCUT2D eigenvalue weighted by Crippen LogP contribution is -2.20. The van der Waals surface area contributed by atoms with E-state index in [4.69, 9.17) is 5.11 Å². The van der Waals surface area contributed by atoms with Gasteiger partial charge in [0.15, 0.2) is 0 Å². The lowest BCUT2D eigenvalue weighted by molar-refractivity contribution is 0.244. The Morgan fingerprint density at radius 3 is 2.65 bits per heavy atom. The van der Waals surface area contributed by atoms with Gasteiger partial charge in [0.25, 0.3) is 0 Å². The first kappa shape index (κ1) is 12.1. The first-order valence-electron chi connectivity index (χ1n) is 6.07. The smallest absolute Gasteiger partial charge is 0.0443 e. The van der Waals surface area contributed by atoms with Gasteiger partial charge in [-0.05, 0) is 29.8 Å². The highest BCUT2D eigenvalue weighted by atomic mass is 16.3. The summed E-state index contributed by atoms with van der Waals surface area (Å²) >= 11 is 0. The summed E-state index contributed by atoms with van der Waals surface area (Å²) in [7, 11) is 2.09. The molecular formula is C15H19NO. The Labute approximate surface area is 102 Å². The molecule has 2 aromatic carbocycles. The van der Waals surface area contributed by atoms with Crippen molar-refractivity contribution in [2.24, 2.45) is 0 Å². The molecule has 0 aromatic heterocycles. The second-order valence-corrected chi connectivity index (χ2v) is 4.45. The molecule has 0 saturated heterocycles. The molecule has 0 radical (unpaired) electrons. The lowest BCUT2D eigenvalue weighted by Gasteiger charge is -2.17. The molecule has 0 heterocycles. The predicted octanol–water partition coefficient (Wildman–Crippen LogP) is 2.65. The minimum Gasteiger partial charge on any atom is -0.396 e. The number of aliphatic hydroxyl groups is 1. The minimum absolute atomic E-state index is 0.264. The number of rotatable bonds is 5. The third-order valence-electron chi connectivity index (χ3n) is 3.02. The summed E-state index contributed by atoms with van der Waals surface area (Å²) < 4.78 is 0. The number of aliphatic hydroxyl groups excluding tert-OH is 1. The second-order valence-electron chi connectivity index (χ2n) is 4.45. The summed E-state index contributed by atoms with van der Waals surface area (Å²) in [6.45, 7) is 2.13. The summed E-state index contributed by atoms with van der Waals surface area (Å²) in [6.07, 6.45) is 0.835. The summed E-state index contributed by atoms with van der Waals surface area (Å²) in [5.74, 6) is 0. The highest BCUT2D eigenvalue weighted by Gasteiger charge is 2.03. The monoisotopic (exact) mass is 229 g/mol. The van der Waals surface area contributed by atoms with E-state index in [1.54, 1.807) is 0 Å². The highest BCUT2D eigenvalue weighted by molar-refractivity contribution is 5.85. The second kappa shape index (κ2) is 5.80. The molecule has 0 aliphatic heterocycles. The molecule has 1 N–H and O–H groups in total. The maximum absolute atomic E-state index is 8.83. The Bertz CT molecular complexity index is 476. The predicted molar refractivity (Wildman–Crippen MR) is 72.0 cm³/mol. The van der Waals surface area contributed by atoms with E-state index in [-0.39, 0.29) is 6.61 Å². The highest BCUT2D eigenvalue weighted by Crippen LogP contribution is 2.19. The fourth-order valence-electron chi connectivity index (χ4n) is 2.14. The molecule has 90 valence electrons. The van der Waals surface area contributed by atoms with Crippen LogP contribution < -0.4 is 0 Å². The van der Waals surface area contributed by atoms with E-state index in [2.05, 4.69) is 54.4 Å². The largest absolute Gasteiger partial charge is 0.396 e. The van der Waals surface area contributed by atoms with Crippen LogP contribution >= 0.6 is 0 Å². The van der Waals surface area contributed by atoms with E-state index >= 15 is 0 Å². The van der Waals surface area contributed by atoms with E-state index in [9.17, 15) is 0 Å². The quantitative estimate of drug-likeness (QED) is 0.852. The van der Waals surface area contributed by atoms with Gasteiger partial charge in [0.05, 0.1) is 0 Å². The molecule has 0 amide bonds. The van der Waals surface area contributed by atoms with Crippen LogP contribution in [0.5, 0.6) is 0 Å². The minimum atomic E-state index is 0.264. The molecule has 0 saturated carbocycles. The van der Waals surface area contributed by atoms with Crippen molar-refractivity contribution in [3.63, 3.8) is 0 Å². The Kier molecular flexibility index (Phi) is 4.13. The maximum atomic E-state index is 8.83. The summed E-state index contributed by atoms with van der Waals surface area (Å²) in [6, 6.07) is 14.9. The van der Waals surface area contributed by atoms with Crippen LogP contribution in [0, 0.1) is 0 Å². The van der Waals surface area contributed by atoms with E-state index in [0.717, 1.165) is 19.5 Å². The lowest BCUT2D eigenvalue weighted by atomic mass is 10.0. The van der Waals surface area contributed by atoms with Crippen LogP contribution in [0.3, 0.4) is 0 Å². The van der Waals surface area contributed by atoms with Crippen LogP contribution in [0.4, 0.5) is 0 Å². The van der Waals surface area contributed by atoms with Crippen molar-refractivity contribution in [2.75, 3.05) is 20.2 Å². The zero-order valence-electron chi connectivity index (χ0n) is 10.3. The van der Waals surface area contributed by atoms with Gasteiger partial charge in [-0.1, -0.05) is 42.5 Å². The number of hydrogen-bond acceptors (Lipinski definition) is 2. The van der Waals surface area contributed by atoms with E-state index in [1.807, 2.05) is 0 Å². The normalized spacial score (nSPS) is 11.2. The standard InChI is InChI=1S/C15H19NO/c1-16(10-5-11-17)12-14-8-4-7-13-6-2-3-9-15(13)14/h2-4,6-9,17H,5,10-12H2,1H3. The van der Waals surface area contributed by atoms with Gasteiger partial charge in [-0.15, -0.1) is 0 Å². The van der Waals surface area contributed by atoms with Crippen LogP contribution in [-0.2, 0) is 6.54 Å². The Hall–Kier alpha value is -1.38. The van der Waals surface area contributed by atoms with Gasteiger partial charge < -0.3 is 10.0 Å². The van der Waals surface area contributed by atoms with Gasteiger partial charge in [0.2, 0.25) is 0 Å². The first-order valence-corrected chi connectivity index (χ1v) is 6.07. The van der Waals surface area contributed by atoms with Gasteiger partial charge in [0.1, 0.15) is 0 Å². The van der Waals surface area contributed by atoms with Crippen molar-refractivity contribution < 1.29 is 5.11 Å². The molecule has 2 rings (SSSR count). The van der Waals surface area contributed by atoms with Crippen LogP contribution in [0.1, 0.15) is 12.0 Å². The summed E-state index contributed by atoms with van der Waals surface area (Å²) in [4.78, 5) is 2.25. The molecule has 0 atom stereocenters. The zero-order valence-corrected chi connectivity index (χ0v) is 10.3. The first-order chi connectivity index (χ1) is 8.31. The third-order valence-corrected chi connectivity index (χ3v) is 3.02. The van der Waals surface area contributed by atoms with E-state index < -0.39 is 0 Å². The van der Waals surface area contributed by atoms with Crippen molar-refractivity contribution >= 4 is 10.8 Å². The number of hydrogen-bond donors (Lipinski definition) is 1. The Morgan fingerprint density at radius 2 is 1.82 bits per heavy atom. The fraction of sp³-hybridized carbons (Fsp3) is 0.333. The number of benzene rings is 2. The van der Waals surface area contributed by atoms with Crippen LogP contribution in [0.15, 0.2) is 42.5 Å². The van der Waals surface area contributed by atoms with Gasteiger partial charge in [0, 0.05) is 19.7 Å². The average Bonchev–Trinajstić information content (AvgIpc) is 2.37. The molecule has 17 heavy (non-hydrogen) atoms. The Balaban J connectivity index is 2.18. The maximum Gasteiger partial charge on any atom is 0.0443 e. The topological polar surface area (TPSA) is 23.5 Å². The van der Waals surface area contributed by atoms with E-state index in [1.165, 1.54) is 16.3 Å². The van der Waals surface area contributed by atoms with Crippen LogP contribution in [0.25, 0.3) is 10.8 Å². The number of fused-ring (bicyclic) bond motifs is 1. The van der Waals surface area contributed by atoms with Crippen molar-refractivity contribution in [1.29, 1.82) is 0 Å². The molecule has 0 bridgehead atoms. The van der Waals surface area contributed by atoms with Gasteiger partial charge >= 0.3 is 0 Å². The molecule has 2 aromatic rings. The molecule has 0 aliphatic rings. The molecule has 2 heteroatoms. The molecule has 2 nitrogen and oxygen atoms in total. The summed E-state index contributed by atoms with van der Waals surface area (Å²) in [5.41, 5.74) is 1.35. The van der Waals surface area contributed by atoms with Crippen molar-refractivity contribution in [3.05, 3.63) is 48.0 Å².